The Bertz CT molecular complexity index is 971. The number of amides is 1. The normalized spacial score (nSPS) is 15.7. The van der Waals surface area contributed by atoms with Crippen LogP contribution in [-0.4, -0.2) is 46.3 Å². The molecule has 1 aliphatic carbocycles. The Morgan fingerprint density at radius 1 is 1.23 bits per heavy atom. The van der Waals surface area contributed by atoms with E-state index >= 15 is 0 Å². The van der Waals surface area contributed by atoms with Crippen LogP contribution in [-0.2, 0) is 14.3 Å². The van der Waals surface area contributed by atoms with Crippen LogP contribution in [0.2, 0.25) is 0 Å². The van der Waals surface area contributed by atoms with Crippen LogP contribution in [0.4, 0.5) is 10.1 Å². The van der Waals surface area contributed by atoms with Crippen molar-refractivity contribution >= 4 is 11.6 Å². The molecule has 1 amide bonds. The monoisotopic (exact) mass is 413 g/mol. The highest BCUT2D eigenvalue weighted by molar-refractivity contribution is 5.94. The molecule has 4 rings (SSSR count). The van der Waals surface area contributed by atoms with Crippen LogP contribution in [0.15, 0.2) is 41.4 Å². The first kappa shape index (κ1) is 20.1. The van der Waals surface area contributed by atoms with Crippen molar-refractivity contribution < 1.29 is 18.7 Å². The fraction of sp³-hybridized carbons (Fsp3) is 0.429. The number of hydrogen-bond donors (Lipinski definition) is 1. The molecule has 0 saturated heterocycles. The number of aromatic amines is 1. The Balaban J connectivity index is 1.65. The zero-order valence-electron chi connectivity index (χ0n) is 16.9. The second-order valence-corrected chi connectivity index (χ2v) is 7.32. The summed E-state index contributed by atoms with van der Waals surface area (Å²) < 4.78 is 25.8. The molecule has 0 fully saturated rings. The van der Waals surface area contributed by atoms with Gasteiger partial charge in [-0.2, -0.15) is 0 Å². The van der Waals surface area contributed by atoms with E-state index in [0.717, 1.165) is 42.8 Å². The molecule has 0 bridgehead atoms. The summed E-state index contributed by atoms with van der Waals surface area (Å²) in [5, 5.41) is 13.6. The van der Waals surface area contributed by atoms with Crippen LogP contribution in [0.5, 0.6) is 0 Å². The van der Waals surface area contributed by atoms with Gasteiger partial charge in [0.15, 0.2) is 11.6 Å². The highest BCUT2D eigenvalue weighted by atomic mass is 19.1. The van der Waals surface area contributed by atoms with Gasteiger partial charge in [-0.05, 0) is 53.1 Å². The summed E-state index contributed by atoms with van der Waals surface area (Å²) in [6, 6.07) is 4.43. The second kappa shape index (κ2) is 9.06. The van der Waals surface area contributed by atoms with E-state index in [-0.39, 0.29) is 5.91 Å². The van der Waals surface area contributed by atoms with Gasteiger partial charge < -0.3 is 14.4 Å². The van der Waals surface area contributed by atoms with Crippen molar-refractivity contribution in [3.63, 3.8) is 0 Å². The van der Waals surface area contributed by atoms with E-state index < -0.39 is 5.82 Å². The van der Waals surface area contributed by atoms with E-state index in [0.29, 0.717) is 43.3 Å². The first-order chi connectivity index (χ1) is 14.6. The van der Waals surface area contributed by atoms with E-state index in [1.165, 1.54) is 12.1 Å². The number of carbonyl (C=O) groups is 1. The zero-order chi connectivity index (χ0) is 20.9. The molecule has 8 nitrogen and oxygen atoms in total. The molecule has 1 aromatic heterocycles. The number of anilines is 1. The Hall–Kier alpha value is -3.23. The lowest BCUT2D eigenvalue weighted by molar-refractivity contribution is -0.118. The Morgan fingerprint density at radius 3 is 2.90 bits per heavy atom. The minimum atomic E-state index is -0.459. The molecule has 30 heavy (non-hydrogen) atoms. The van der Waals surface area contributed by atoms with E-state index in [2.05, 4.69) is 20.6 Å². The molecule has 0 radical (unpaired) electrons. The predicted molar refractivity (Wildman–Crippen MR) is 108 cm³/mol. The number of nitrogens with zero attached hydrogens (tertiary/aromatic N) is 4. The SMILES string of the molecule is CCCCC(=O)N(CC1=CC2=C(CC1)OCCO2)c1cc(F)cc(-c2nnn[nH]2)c1. The molecule has 1 aromatic carbocycles. The molecule has 2 heterocycles. The van der Waals surface area contributed by atoms with Crippen molar-refractivity contribution in [1.29, 1.82) is 0 Å². The summed E-state index contributed by atoms with van der Waals surface area (Å²) in [5.74, 6) is 1.43. The molecule has 0 atom stereocenters. The Labute approximate surface area is 173 Å². The van der Waals surface area contributed by atoms with Crippen LogP contribution in [0, 0.1) is 5.82 Å². The summed E-state index contributed by atoms with van der Waals surface area (Å²) in [4.78, 5) is 14.7. The highest BCUT2D eigenvalue weighted by Gasteiger charge is 2.24. The molecule has 2 aliphatic rings. The molecule has 9 heteroatoms. The van der Waals surface area contributed by atoms with Crippen LogP contribution in [0.25, 0.3) is 11.4 Å². The molecule has 1 aliphatic heterocycles. The van der Waals surface area contributed by atoms with Gasteiger partial charge in [0, 0.05) is 30.6 Å². The number of benzene rings is 1. The van der Waals surface area contributed by atoms with Gasteiger partial charge in [-0.25, -0.2) is 9.49 Å². The summed E-state index contributed by atoms with van der Waals surface area (Å²) in [7, 11) is 0. The van der Waals surface area contributed by atoms with Crippen molar-refractivity contribution in [2.75, 3.05) is 24.7 Å². The standard InChI is InChI=1S/C21H24FN5O3/c1-2-3-4-20(28)27(13-14-5-6-18-19(9-14)30-8-7-29-18)17-11-15(10-16(22)12-17)21-23-25-26-24-21/h9-12H,2-8,13H2,1H3,(H,23,24,25,26). The number of H-pyrrole nitrogens is 1. The number of ether oxygens (including phenoxy) is 2. The first-order valence-corrected chi connectivity index (χ1v) is 10.2. The van der Waals surface area contributed by atoms with Crippen molar-refractivity contribution in [2.45, 2.75) is 39.0 Å². The van der Waals surface area contributed by atoms with E-state index in [1.807, 2.05) is 13.0 Å². The molecular weight excluding hydrogens is 389 g/mol. The molecule has 0 unspecified atom stereocenters. The molecule has 1 N–H and O–H groups in total. The number of aromatic nitrogens is 4. The Kier molecular flexibility index (Phi) is 6.06. The highest BCUT2D eigenvalue weighted by Crippen LogP contribution is 2.31. The summed E-state index contributed by atoms with van der Waals surface area (Å²) in [6.45, 7) is 3.47. The van der Waals surface area contributed by atoms with Gasteiger partial charge in [-0.3, -0.25) is 4.79 Å². The number of rotatable bonds is 7. The minimum absolute atomic E-state index is 0.0504. The lowest BCUT2D eigenvalue weighted by Crippen LogP contribution is -2.33. The van der Waals surface area contributed by atoms with Gasteiger partial charge in [0.05, 0.1) is 0 Å². The summed E-state index contributed by atoms with van der Waals surface area (Å²) in [6.07, 6.45) is 5.51. The summed E-state index contributed by atoms with van der Waals surface area (Å²) >= 11 is 0. The maximum absolute atomic E-state index is 14.4. The smallest absolute Gasteiger partial charge is 0.227 e. The summed E-state index contributed by atoms with van der Waals surface area (Å²) in [5.41, 5.74) is 2.00. The topological polar surface area (TPSA) is 93.2 Å². The number of tetrazole rings is 1. The lowest BCUT2D eigenvalue weighted by Gasteiger charge is -2.29. The van der Waals surface area contributed by atoms with Crippen molar-refractivity contribution in [1.82, 2.24) is 20.6 Å². The maximum atomic E-state index is 14.4. The van der Waals surface area contributed by atoms with Gasteiger partial charge in [0.1, 0.15) is 24.8 Å². The third kappa shape index (κ3) is 4.50. The average molecular weight is 413 g/mol. The molecular formula is C21H24FN5O3. The molecule has 0 spiro atoms. The largest absolute Gasteiger partial charge is 0.491 e. The van der Waals surface area contributed by atoms with Crippen molar-refractivity contribution in [3.05, 3.63) is 47.2 Å². The average Bonchev–Trinajstić information content (AvgIpc) is 3.30. The zero-order valence-corrected chi connectivity index (χ0v) is 16.9. The third-order valence-electron chi connectivity index (χ3n) is 5.12. The van der Waals surface area contributed by atoms with Gasteiger partial charge in [0.25, 0.3) is 0 Å². The Morgan fingerprint density at radius 2 is 2.10 bits per heavy atom. The van der Waals surface area contributed by atoms with Crippen LogP contribution in [0.3, 0.4) is 0 Å². The van der Waals surface area contributed by atoms with Crippen molar-refractivity contribution in [3.8, 4) is 11.4 Å². The fourth-order valence-electron chi connectivity index (χ4n) is 3.58. The number of hydrogen-bond acceptors (Lipinski definition) is 6. The minimum Gasteiger partial charge on any atom is -0.491 e. The number of unbranched alkanes of at least 4 members (excludes halogenated alkanes) is 1. The van der Waals surface area contributed by atoms with Gasteiger partial charge in [0.2, 0.25) is 5.91 Å². The number of allylic oxidation sites excluding steroid dienone is 2. The molecule has 158 valence electrons. The number of nitrogens with one attached hydrogen (secondary N) is 1. The molecule has 2 aromatic rings. The maximum Gasteiger partial charge on any atom is 0.227 e. The van der Waals surface area contributed by atoms with Gasteiger partial charge in [-0.15, -0.1) is 5.10 Å². The van der Waals surface area contributed by atoms with Crippen LogP contribution >= 0.6 is 0 Å². The first-order valence-electron chi connectivity index (χ1n) is 10.2. The van der Waals surface area contributed by atoms with Crippen LogP contribution in [0.1, 0.15) is 39.0 Å². The predicted octanol–water partition coefficient (Wildman–Crippen LogP) is 3.51. The fourth-order valence-corrected chi connectivity index (χ4v) is 3.58. The third-order valence-corrected chi connectivity index (χ3v) is 5.12. The number of carbonyl (C=O) groups excluding carboxylic acids is 1. The molecule has 0 saturated carbocycles. The van der Waals surface area contributed by atoms with Gasteiger partial charge in [-0.1, -0.05) is 13.3 Å². The lowest BCUT2D eigenvalue weighted by atomic mass is 10.0. The van der Waals surface area contributed by atoms with Gasteiger partial charge >= 0.3 is 0 Å². The number of halogens is 1. The van der Waals surface area contributed by atoms with Crippen molar-refractivity contribution in [2.24, 2.45) is 0 Å². The van der Waals surface area contributed by atoms with E-state index in [4.69, 9.17) is 9.47 Å². The second-order valence-electron chi connectivity index (χ2n) is 7.32. The quantitative estimate of drug-likeness (QED) is 0.747. The van der Waals surface area contributed by atoms with E-state index in [9.17, 15) is 9.18 Å². The van der Waals surface area contributed by atoms with Crippen LogP contribution < -0.4 is 4.90 Å². The van der Waals surface area contributed by atoms with E-state index in [1.54, 1.807) is 11.0 Å².